The Morgan fingerprint density at radius 2 is 1.88 bits per heavy atom. The molecule has 0 saturated heterocycles. The molecule has 0 N–H and O–H groups in total. The summed E-state index contributed by atoms with van der Waals surface area (Å²) in [7, 11) is -0.991. The smallest absolute Gasteiger partial charge is 0.0684 e. The summed E-state index contributed by atoms with van der Waals surface area (Å²) in [6.45, 7) is 5.75. The summed E-state index contributed by atoms with van der Waals surface area (Å²) in [5, 5.41) is 8.86. The van der Waals surface area contributed by atoms with Gasteiger partial charge in [0.05, 0.1) is 22.3 Å². The summed E-state index contributed by atoms with van der Waals surface area (Å²) < 4.78 is 11.9. The van der Waals surface area contributed by atoms with Crippen molar-refractivity contribution in [3.8, 4) is 6.07 Å². The monoisotopic (exact) mass is 235 g/mol. The molecule has 1 rings (SSSR count). The van der Waals surface area contributed by atoms with E-state index in [2.05, 4.69) is 6.07 Å². The largest absolute Gasteiger partial charge is 0.254 e. The highest BCUT2D eigenvalue weighted by molar-refractivity contribution is 7.85. The van der Waals surface area contributed by atoms with Gasteiger partial charge in [-0.1, -0.05) is 17.7 Å². The van der Waals surface area contributed by atoms with Crippen LogP contribution in [0.2, 0.25) is 0 Å². The first kappa shape index (κ1) is 12.9. The van der Waals surface area contributed by atoms with Crippen molar-refractivity contribution in [2.24, 2.45) is 5.41 Å². The first-order chi connectivity index (χ1) is 7.44. The standard InChI is InChI=1S/C13H17NOS/c1-11-4-6-12(7-5-11)16(15)9-8-13(2,3)10-14/h4-7H,8-9H2,1-3H3. The lowest BCUT2D eigenvalue weighted by Crippen LogP contribution is -2.12. The Hall–Kier alpha value is -1.14. The van der Waals surface area contributed by atoms with E-state index in [1.807, 2.05) is 45.0 Å². The van der Waals surface area contributed by atoms with Crippen LogP contribution in [0.1, 0.15) is 25.8 Å². The normalized spacial score (nSPS) is 13.1. The zero-order valence-corrected chi connectivity index (χ0v) is 10.8. The van der Waals surface area contributed by atoms with Crippen LogP contribution in [0.4, 0.5) is 0 Å². The highest BCUT2D eigenvalue weighted by Crippen LogP contribution is 2.20. The van der Waals surface area contributed by atoms with Gasteiger partial charge in [0, 0.05) is 10.6 Å². The van der Waals surface area contributed by atoms with Gasteiger partial charge in [0.1, 0.15) is 0 Å². The molecule has 1 atom stereocenters. The van der Waals surface area contributed by atoms with Gasteiger partial charge in [-0.05, 0) is 39.3 Å². The first-order valence-corrected chi connectivity index (χ1v) is 6.63. The van der Waals surface area contributed by atoms with Crippen LogP contribution >= 0.6 is 0 Å². The molecule has 16 heavy (non-hydrogen) atoms. The number of benzene rings is 1. The number of nitriles is 1. The van der Waals surface area contributed by atoms with E-state index in [1.54, 1.807) is 0 Å². The van der Waals surface area contributed by atoms with Gasteiger partial charge in [0.2, 0.25) is 0 Å². The number of rotatable bonds is 4. The van der Waals surface area contributed by atoms with Gasteiger partial charge >= 0.3 is 0 Å². The second-order valence-corrected chi connectivity index (χ2v) is 6.18. The molecule has 1 aromatic rings. The van der Waals surface area contributed by atoms with Crippen LogP contribution in [0.3, 0.4) is 0 Å². The molecule has 0 radical (unpaired) electrons. The fourth-order valence-electron chi connectivity index (χ4n) is 1.21. The lowest BCUT2D eigenvalue weighted by Gasteiger charge is -2.14. The van der Waals surface area contributed by atoms with Crippen molar-refractivity contribution in [1.29, 1.82) is 5.26 Å². The van der Waals surface area contributed by atoms with E-state index in [4.69, 9.17) is 5.26 Å². The average molecular weight is 235 g/mol. The summed E-state index contributed by atoms with van der Waals surface area (Å²) in [6, 6.07) is 9.93. The molecule has 1 aromatic carbocycles. The molecule has 0 aliphatic carbocycles. The summed E-state index contributed by atoms with van der Waals surface area (Å²) >= 11 is 0. The molecule has 0 spiro atoms. The zero-order valence-electron chi connectivity index (χ0n) is 9.99. The van der Waals surface area contributed by atoms with E-state index >= 15 is 0 Å². The molecule has 0 aliphatic heterocycles. The van der Waals surface area contributed by atoms with Crippen molar-refractivity contribution in [2.45, 2.75) is 32.1 Å². The molecule has 3 heteroatoms. The summed E-state index contributed by atoms with van der Waals surface area (Å²) in [4.78, 5) is 0.847. The highest BCUT2D eigenvalue weighted by atomic mass is 32.2. The Labute approximate surface area is 99.8 Å². The van der Waals surface area contributed by atoms with Crippen LogP contribution in [-0.2, 0) is 10.8 Å². The average Bonchev–Trinajstić information content (AvgIpc) is 2.27. The Bertz CT molecular complexity index is 415. The third kappa shape index (κ3) is 3.79. The number of nitrogens with zero attached hydrogens (tertiary/aromatic N) is 1. The third-order valence-electron chi connectivity index (χ3n) is 2.50. The van der Waals surface area contributed by atoms with Crippen molar-refractivity contribution in [3.05, 3.63) is 29.8 Å². The minimum absolute atomic E-state index is 0.389. The molecule has 0 aromatic heterocycles. The molecular formula is C13H17NOS. The molecule has 1 unspecified atom stereocenters. The first-order valence-electron chi connectivity index (χ1n) is 5.31. The van der Waals surface area contributed by atoms with E-state index in [-0.39, 0.29) is 5.41 Å². The Morgan fingerprint density at radius 1 is 1.31 bits per heavy atom. The molecule has 0 bridgehead atoms. The third-order valence-corrected chi connectivity index (χ3v) is 3.87. The maximum Gasteiger partial charge on any atom is 0.0684 e. The molecule has 0 saturated carbocycles. The van der Waals surface area contributed by atoms with E-state index in [9.17, 15) is 4.21 Å². The molecule has 86 valence electrons. The fraction of sp³-hybridized carbons (Fsp3) is 0.462. The topological polar surface area (TPSA) is 40.9 Å². The van der Waals surface area contributed by atoms with Crippen LogP contribution in [0, 0.1) is 23.7 Å². The molecule has 0 amide bonds. The van der Waals surface area contributed by atoms with Gasteiger partial charge in [-0.15, -0.1) is 0 Å². The van der Waals surface area contributed by atoms with Crippen molar-refractivity contribution in [2.75, 3.05) is 5.75 Å². The van der Waals surface area contributed by atoms with Crippen LogP contribution in [-0.4, -0.2) is 9.96 Å². The Morgan fingerprint density at radius 3 is 2.38 bits per heavy atom. The van der Waals surface area contributed by atoms with Gasteiger partial charge in [0.25, 0.3) is 0 Å². The predicted molar refractivity (Wildman–Crippen MR) is 66.5 cm³/mol. The predicted octanol–water partition coefficient (Wildman–Crippen LogP) is 3.04. The van der Waals surface area contributed by atoms with E-state index in [1.165, 1.54) is 0 Å². The molecule has 0 fully saturated rings. The Balaban J connectivity index is 2.61. The van der Waals surface area contributed by atoms with Gasteiger partial charge in [-0.3, -0.25) is 4.21 Å². The van der Waals surface area contributed by atoms with Crippen molar-refractivity contribution in [1.82, 2.24) is 0 Å². The van der Waals surface area contributed by atoms with Crippen molar-refractivity contribution >= 4 is 10.8 Å². The van der Waals surface area contributed by atoms with Crippen molar-refractivity contribution < 1.29 is 4.21 Å². The SMILES string of the molecule is Cc1ccc(S(=O)CCC(C)(C)C#N)cc1. The van der Waals surface area contributed by atoms with Crippen LogP contribution in [0.25, 0.3) is 0 Å². The number of hydrogen-bond donors (Lipinski definition) is 0. The van der Waals surface area contributed by atoms with Gasteiger partial charge in [0.15, 0.2) is 0 Å². The zero-order chi connectivity index (χ0) is 12.2. The molecule has 2 nitrogen and oxygen atoms in total. The Kier molecular flexibility index (Phi) is 4.26. The summed E-state index contributed by atoms with van der Waals surface area (Å²) in [5.74, 6) is 0.545. The second-order valence-electron chi connectivity index (χ2n) is 4.61. The molecular weight excluding hydrogens is 218 g/mol. The number of hydrogen-bond acceptors (Lipinski definition) is 2. The van der Waals surface area contributed by atoms with Crippen molar-refractivity contribution in [3.63, 3.8) is 0 Å². The molecule has 0 aliphatic rings. The highest BCUT2D eigenvalue weighted by Gasteiger charge is 2.18. The van der Waals surface area contributed by atoms with Crippen LogP contribution < -0.4 is 0 Å². The maximum atomic E-state index is 11.9. The minimum atomic E-state index is -0.991. The maximum absolute atomic E-state index is 11.9. The fourth-order valence-corrected chi connectivity index (χ4v) is 2.58. The lowest BCUT2D eigenvalue weighted by atomic mass is 9.93. The van der Waals surface area contributed by atoms with E-state index in [0.717, 1.165) is 10.5 Å². The van der Waals surface area contributed by atoms with Gasteiger partial charge < -0.3 is 0 Å². The summed E-state index contributed by atoms with van der Waals surface area (Å²) in [6.07, 6.45) is 0.657. The number of aryl methyl sites for hydroxylation is 1. The molecule has 0 heterocycles. The van der Waals surface area contributed by atoms with E-state index < -0.39 is 10.8 Å². The quantitative estimate of drug-likeness (QED) is 0.804. The second kappa shape index (κ2) is 5.27. The lowest BCUT2D eigenvalue weighted by molar-refractivity contribution is 0.479. The summed E-state index contributed by atoms with van der Waals surface area (Å²) in [5.41, 5.74) is 0.776. The van der Waals surface area contributed by atoms with Crippen LogP contribution in [0.5, 0.6) is 0 Å². The van der Waals surface area contributed by atoms with Gasteiger partial charge in [-0.25, -0.2) is 0 Å². The van der Waals surface area contributed by atoms with Gasteiger partial charge in [-0.2, -0.15) is 5.26 Å². The van der Waals surface area contributed by atoms with Crippen LogP contribution in [0.15, 0.2) is 29.2 Å². The van der Waals surface area contributed by atoms with E-state index in [0.29, 0.717) is 12.2 Å². The minimum Gasteiger partial charge on any atom is -0.254 e.